The van der Waals surface area contributed by atoms with Crippen LogP contribution in [-0.2, 0) is 12.1 Å². The summed E-state index contributed by atoms with van der Waals surface area (Å²) in [7, 11) is 1.62. The van der Waals surface area contributed by atoms with E-state index < -0.39 is 0 Å². The molecule has 1 amide bonds. The molecule has 1 fully saturated rings. The second kappa shape index (κ2) is 7.16. The van der Waals surface area contributed by atoms with Gasteiger partial charge in [0.2, 0.25) is 5.95 Å². The minimum absolute atomic E-state index is 0.103. The number of nitrogens with one attached hydrogen (secondary N) is 3. The number of allylic oxidation sites excluding steroid dienone is 1. The van der Waals surface area contributed by atoms with Crippen molar-refractivity contribution in [2.45, 2.75) is 44.2 Å². The minimum atomic E-state index is -0.106. The quantitative estimate of drug-likeness (QED) is 0.620. The molecule has 3 N–H and O–H groups in total. The molecule has 0 bridgehead atoms. The lowest BCUT2D eigenvalue weighted by Gasteiger charge is -2.45. The fourth-order valence-corrected chi connectivity index (χ4v) is 4.85. The molecule has 1 aromatic carbocycles. The Labute approximate surface area is 175 Å². The van der Waals surface area contributed by atoms with Gasteiger partial charge in [-0.05, 0) is 43.2 Å². The van der Waals surface area contributed by atoms with Crippen molar-refractivity contribution in [1.29, 1.82) is 0 Å². The number of anilines is 2. The summed E-state index contributed by atoms with van der Waals surface area (Å²) in [6.45, 7) is 5.14. The van der Waals surface area contributed by atoms with Crippen molar-refractivity contribution in [3.8, 4) is 0 Å². The average Bonchev–Trinajstić information content (AvgIpc) is 3.16. The Hall–Kier alpha value is -3.35. The number of nitrogens with zero attached hydrogens (tertiary/aromatic N) is 3. The summed E-state index contributed by atoms with van der Waals surface area (Å²) in [5, 5.41) is 10.5. The third-order valence-electron chi connectivity index (χ3n) is 6.40. The van der Waals surface area contributed by atoms with Gasteiger partial charge in [-0.2, -0.15) is 4.98 Å². The molecule has 2 aliphatic rings. The first-order chi connectivity index (χ1) is 14.6. The van der Waals surface area contributed by atoms with Gasteiger partial charge in [-0.25, -0.2) is 4.98 Å². The number of rotatable bonds is 3. The summed E-state index contributed by atoms with van der Waals surface area (Å²) in [4.78, 5) is 21.1. The number of carbonyl (C=O) groups is 1. The zero-order valence-corrected chi connectivity index (χ0v) is 17.2. The molecular weight excluding hydrogens is 376 g/mol. The standard InChI is InChI=1S/C23H26N6O/c1-15-23(10-4-3-5-11-23)29-19(14-25-15)12-17-13-26-22(28-20(17)29)27-18-8-6-16(7-9-18)21(30)24-2/h6-9,12-13,25H,1,3-5,10-11,14H2,2H3,(H,24,30)(H,26,27,28). The normalized spacial score (nSPS) is 17.4. The number of amides is 1. The van der Waals surface area contributed by atoms with Gasteiger partial charge in [0, 0.05) is 41.3 Å². The van der Waals surface area contributed by atoms with Gasteiger partial charge in [-0.15, -0.1) is 0 Å². The molecule has 1 aliphatic carbocycles. The van der Waals surface area contributed by atoms with Crippen molar-refractivity contribution < 1.29 is 4.79 Å². The molecule has 0 unspecified atom stereocenters. The molecule has 1 spiro atoms. The molecule has 0 saturated heterocycles. The van der Waals surface area contributed by atoms with Gasteiger partial charge in [0.05, 0.1) is 12.1 Å². The molecule has 30 heavy (non-hydrogen) atoms. The molecule has 7 nitrogen and oxygen atoms in total. The molecule has 154 valence electrons. The summed E-state index contributed by atoms with van der Waals surface area (Å²) in [5.74, 6) is 0.442. The van der Waals surface area contributed by atoms with E-state index >= 15 is 0 Å². The molecular formula is C23H26N6O. The number of hydrogen-bond donors (Lipinski definition) is 3. The highest BCUT2D eigenvalue weighted by Crippen LogP contribution is 2.44. The Kier molecular flexibility index (Phi) is 4.46. The van der Waals surface area contributed by atoms with E-state index in [9.17, 15) is 4.79 Å². The molecule has 3 heterocycles. The van der Waals surface area contributed by atoms with Gasteiger partial charge in [0.25, 0.3) is 5.91 Å². The summed E-state index contributed by atoms with van der Waals surface area (Å²) in [6, 6.07) is 9.48. The Balaban J connectivity index is 1.52. The highest BCUT2D eigenvalue weighted by atomic mass is 16.1. The first kappa shape index (κ1) is 18.7. The van der Waals surface area contributed by atoms with Crippen molar-refractivity contribution in [3.63, 3.8) is 0 Å². The third kappa shape index (κ3) is 2.93. The monoisotopic (exact) mass is 402 g/mol. The molecule has 1 saturated carbocycles. The summed E-state index contributed by atoms with van der Waals surface area (Å²) >= 11 is 0. The van der Waals surface area contributed by atoms with Crippen LogP contribution in [0, 0.1) is 0 Å². The number of benzene rings is 1. The summed E-state index contributed by atoms with van der Waals surface area (Å²) in [6.07, 6.45) is 7.74. The van der Waals surface area contributed by atoms with Crippen molar-refractivity contribution in [2.24, 2.45) is 0 Å². The maximum atomic E-state index is 11.7. The van der Waals surface area contributed by atoms with Crippen molar-refractivity contribution in [2.75, 3.05) is 12.4 Å². The van der Waals surface area contributed by atoms with Crippen LogP contribution in [0.4, 0.5) is 11.6 Å². The van der Waals surface area contributed by atoms with Crippen LogP contribution in [0.1, 0.15) is 48.2 Å². The Morgan fingerprint density at radius 3 is 2.70 bits per heavy atom. The van der Waals surface area contributed by atoms with Crippen molar-refractivity contribution in [1.82, 2.24) is 25.2 Å². The Morgan fingerprint density at radius 2 is 1.97 bits per heavy atom. The zero-order chi connectivity index (χ0) is 20.7. The van der Waals surface area contributed by atoms with E-state index in [-0.39, 0.29) is 11.4 Å². The van der Waals surface area contributed by atoms with E-state index in [0.29, 0.717) is 11.5 Å². The van der Waals surface area contributed by atoms with E-state index in [2.05, 4.69) is 38.1 Å². The van der Waals surface area contributed by atoms with Crippen molar-refractivity contribution >= 4 is 28.6 Å². The van der Waals surface area contributed by atoms with Crippen LogP contribution in [0.25, 0.3) is 11.0 Å². The van der Waals surface area contributed by atoms with Crippen LogP contribution in [0.3, 0.4) is 0 Å². The summed E-state index contributed by atoms with van der Waals surface area (Å²) in [5.41, 5.74) is 4.64. The molecule has 1 aliphatic heterocycles. The number of aromatic nitrogens is 3. The fraction of sp³-hybridized carbons (Fsp3) is 0.348. The van der Waals surface area contributed by atoms with Gasteiger partial charge in [-0.1, -0.05) is 25.8 Å². The highest BCUT2D eigenvalue weighted by molar-refractivity contribution is 5.94. The number of carbonyl (C=O) groups excluding carboxylic acids is 1. The molecule has 5 rings (SSSR count). The maximum Gasteiger partial charge on any atom is 0.251 e. The smallest absolute Gasteiger partial charge is 0.251 e. The minimum Gasteiger partial charge on any atom is -0.381 e. The van der Waals surface area contributed by atoms with E-state index in [1.165, 1.54) is 25.0 Å². The molecule has 0 atom stereocenters. The van der Waals surface area contributed by atoms with Crippen LogP contribution in [0.2, 0.25) is 0 Å². The van der Waals surface area contributed by atoms with Crippen LogP contribution in [0.5, 0.6) is 0 Å². The molecule has 2 aromatic heterocycles. The van der Waals surface area contributed by atoms with Crippen LogP contribution >= 0.6 is 0 Å². The predicted octanol–water partition coefficient (Wildman–Crippen LogP) is 3.81. The van der Waals surface area contributed by atoms with Crippen LogP contribution < -0.4 is 16.0 Å². The lowest BCUT2D eigenvalue weighted by molar-refractivity contribution is 0.0963. The zero-order valence-electron chi connectivity index (χ0n) is 17.2. The van der Waals surface area contributed by atoms with E-state index in [1.54, 1.807) is 19.2 Å². The van der Waals surface area contributed by atoms with E-state index in [4.69, 9.17) is 4.98 Å². The lowest BCUT2D eigenvalue weighted by Crippen LogP contribution is -2.47. The largest absolute Gasteiger partial charge is 0.381 e. The number of fused-ring (bicyclic) bond motifs is 4. The second-order valence-corrected chi connectivity index (χ2v) is 8.15. The van der Waals surface area contributed by atoms with Crippen LogP contribution in [0.15, 0.2) is 48.8 Å². The first-order valence-corrected chi connectivity index (χ1v) is 10.5. The topological polar surface area (TPSA) is 83.9 Å². The van der Waals surface area contributed by atoms with Crippen LogP contribution in [-0.4, -0.2) is 27.5 Å². The van der Waals surface area contributed by atoms with Gasteiger partial charge in [0.1, 0.15) is 5.65 Å². The SMILES string of the molecule is C=C1NCc2cc3cnc(Nc4ccc(C(=O)NC)cc4)nc3n2C12CCCCC2. The Morgan fingerprint density at radius 1 is 1.20 bits per heavy atom. The van der Waals surface area contributed by atoms with Gasteiger partial charge in [-0.3, -0.25) is 4.79 Å². The van der Waals surface area contributed by atoms with Crippen molar-refractivity contribution in [3.05, 3.63) is 60.1 Å². The summed E-state index contributed by atoms with van der Waals surface area (Å²) < 4.78 is 2.40. The third-order valence-corrected chi connectivity index (χ3v) is 6.40. The molecule has 0 radical (unpaired) electrons. The molecule has 3 aromatic rings. The van der Waals surface area contributed by atoms with Gasteiger partial charge in [0.15, 0.2) is 0 Å². The fourth-order valence-electron chi connectivity index (χ4n) is 4.85. The van der Waals surface area contributed by atoms with E-state index in [1.807, 2.05) is 18.3 Å². The Bertz CT molecular complexity index is 1120. The lowest BCUT2D eigenvalue weighted by atomic mass is 9.78. The van der Waals surface area contributed by atoms with E-state index in [0.717, 1.165) is 41.8 Å². The highest BCUT2D eigenvalue weighted by Gasteiger charge is 2.41. The second-order valence-electron chi connectivity index (χ2n) is 8.15. The van der Waals surface area contributed by atoms with Gasteiger partial charge >= 0.3 is 0 Å². The average molecular weight is 403 g/mol. The number of hydrogen-bond acceptors (Lipinski definition) is 5. The first-order valence-electron chi connectivity index (χ1n) is 10.5. The maximum absolute atomic E-state index is 11.7. The molecule has 7 heteroatoms. The predicted molar refractivity (Wildman–Crippen MR) is 118 cm³/mol. The van der Waals surface area contributed by atoms with Gasteiger partial charge < -0.3 is 20.5 Å².